The number of aromatic nitrogens is 1. The second-order valence-electron chi connectivity index (χ2n) is 8.36. The van der Waals surface area contributed by atoms with Crippen LogP contribution in [0.2, 0.25) is 0 Å². The molecule has 31 heavy (non-hydrogen) atoms. The van der Waals surface area contributed by atoms with Gasteiger partial charge in [-0.05, 0) is 37.8 Å². The third kappa shape index (κ3) is 4.49. The molecule has 1 unspecified atom stereocenters. The molecule has 4 rings (SSSR count). The normalized spacial score (nSPS) is 12.2. The van der Waals surface area contributed by atoms with Crippen LogP contribution >= 0.6 is 0 Å². The monoisotopic (exact) mass is 409 g/mol. The summed E-state index contributed by atoms with van der Waals surface area (Å²) in [5, 5.41) is 1.06. The van der Waals surface area contributed by atoms with E-state index in [9.17, 15) is 4.79 Å². The Bertz CT molecular complexity index is 1140. The Hall–Kier alpha value is -3.13. The molecule has 0 aliphatic rings. The molecule has 3 aromatic carbocycles. The van der Waals surface area contributed by atoms with Crippen molar-refractivity contribution >= 4 is 16.7 Å². The lowest BCUT2D eigenvalue weighted by Crippen LogP contribution is -2.13. The lowest BCUT2D eigenvalue weighted by atomic mass is 9.99. The number of aryl methyl sites for hydroxylation is 1. The summed E-state index contributed by atoms with van der Waals surface area (Å²) in [5.41, 5.74) is 5.24. The SMILES string of the molecule is CCCCC(CCc1ccccc1)n1c(C)c(C(=O)c2ccccc2)c2ccccc21. The Labute approximate surface area is 185 Å². The summed E-state index contributed by atoms with van der Waals surface area (Å²) in [7, 11) is 0. The maximum Gasteiger partial charge on any atom is 0.195 e. The first-order valence-corrected chi connectivity index (χ1v) is 11.4. The summed E-state index contributed by atoms with van der Waals surface area (Å²) >= 11 is 0. The van der Waals surface area contributed by atoms with E-state index >= 15 is 0 Å². The van der Waals surface area contributed by atoms with E-state index in [2.05, 4.69) is 66.9 Å². The minimum absolute atomic E-state index is 0.116. The van der Waals surface area contributed by atoms with E-state index < -0.39 is 0 Å². The molecule has 0 saturated heterocycles. The van der Waals surface area contributed by atoms with Crippen LogP contribution in [0.1, 0.15) is 65.8 Å². The van der Waals surface area contributed by atoms with Crippen molar-refractivity contribution in [1.82, 2.24) is 4.57 Å². The zero-order valence-electron chi connectivity index (χ0n) is 18.6. The van der Waals surface area contributed by atoms with E-state index in [4.69, 9.17) is 0 Å². The average molecular weight is 410 g/mol. The summed E-state index contributed by atoms with van der Waals surface area (Å²) in [6, 6.07) is 29.2. The predicted octanol–water partition coefficient (Wildman–Crippen LogP) is 7.54. The Kier molecular flexibility index (Phi) is 6.66. The Morgan fingerprint density at radius 1 is 0.839 bits per heavy atom. The van der Waals surface area contributed by atoms with Crippen molar-refractivity contribution in [3.63, 3.8) is 0 Å². The summed E-state index contributed by atoms with van der Waals surface area (Å²) in [6.45, 7) is 4.37. The number of unbranched alkanes of at least 4 members (excludes halogenated alkanes) is 1. The van der Waals surface area contributed by atoms with Gasteiger partial charge >= 0.3 is 0 Å². The lowest BCUT2D eigenvalue weighted by Gasteiger charge is -2.22. The maximum absolute atomic E-state index is 13.5. The first-order chi connectivity index (χ1) is 15.2. The van der Waals surface area contributed by atoms with Gasteiger partial charge in [-0.25, -0.2) is 0 Å². The highest BCUT2D eigenvalue weighted by atomic mass is 16.1. The highest BCUT2D eigenvalue weighted by Crippen LogP contribution is 2.34. The number of carbonyl (C=O) groups excluding carboxylic acids is 1. The van der Waals surface area contributed by atoms with Crippen molar-refractivity contribution < 1.29 is 4.79 Å². The third-order valence-electron chi connectivity index (χ3n) is 6.28. The molecule has 1 heterocycles. The van der Waals surface area contributed by atoms with E-state index in [-0.39, 0.29) is 5.78 Å². The van der Waals surface area contributed by atoms with Crippen LogP contribution in [-0.4, -0.2) is 10.4 Å². The molecule has 1 atom stereocenters. The van der Waals surface area contributed by atoms with Gasteiger partial charge in [0, 0.05) is 28.2 Å². The standard InChI is InChI=1S/C29H31NO/c1-3-4-17-25(21-20-23-13-7-5-8-14-23)30-22(2)28(26-18-11-12-19-27(26)30)29(31)24-15-9-6-10-16-24/h5-16,18-19,25H,3-4,17,20-21H2,1-2H3. The third-order valence-corrected chi connectivity index (χ3v) is 6.28. The van der Waals surface area contributed by atoms with E-state index in [1.165, 1.54) is 23.9 Å². The van der Waals surface area contributed by atoms with Crippen molar-refractivity contribution in [3.05, 3.63) is 107 Å². The van der Waals surface area contributed by atoms with Crippen LogP contribution in [0.4, 0.5) is 0 Å². The molecule has 0 spiro atoms. The van der Waals surface area contributed by atoms with Gasteiger partial charge in [0.2, 0.25) is 0 Å². The zero-order chi connectivity index (χ0) is 21.6. The second kappa shape index (κ2) is 9.78. The molecule has 2 heteroatoms. The molecule has 0 fully saturated rings. The molecule has 0 bridgehead atoms. The average Bonchev–Trinajstić information content (AvgIpc) is 3.12. The fourth-order valence-electron chi connectivity index (χ4n) is 4.70. The highest BCUT2D eigenvalue weighted by Gasteiger charge is 2.24. The summed E-state index contributed by atoms with van der Waals surface area (Å²) < 4.78 is 2.45. The number of hydrogen-bond acceptors (Lipinski definition) is 1. The number of para-hydroxylation sites is 1. The Balaban J connectivity index is 1.77. The molecule has 0 saturated carbocycles. The minimum Gasteiger partial charge on any atom is -0.341 e. The van der Waals surface area contributed by atoms with Crippen molar-refractivity contribution in [3.8, 4) is 0 Å². The quantitative estimate of drug-likeness (QED) is 0.262. The number of fused-ring (bicyclic) bond motifs is 1. The lowest BCUT2D eigenvalue weighted by molar-refractivity contribution is 0.103. The molecule has 1 aromatic heterocycles. The van der Waals surface area contributed by atoms with Gasteiger partial charge in [0.05, 0.1) is 5.56 Å². The Morgan fingerprint density at radius 3 is 2.19 bits per heavy atom. The van der Waals surface area contributed by atoms with Crippen LogP contribution < -0.4 is 0 Å². The fourth-order valence-corrected chi connectivity index (χ4v) is 4.70. The molecular weight excluding hydrogens is 378 g/mol. The van der Waals surface area contributed by atoms with Crippen LogP contribution in [-0.2, 0) is 6.42 Å². The number of nitrogens with zero attached hydrogens (tertiary/aromatic N) is 1. The largest absolute Gasteiger partial charge is 0.341 e. The van der Waals surface area contributed by atoms with E-state index in [0.29, 0.717) is 6.04 Å². The highest BCUT2D eigenvalue weighted by molar-refractivity contribution is 6.17. The molecule has 0 amide bonds. The topological polar surface area (TPSA) is 22.0 Å². The van der Waals surface area contributed by atoms with Gasteiger partial charge in [0.15, 0.2) is 5.78 Å². The fraction of sp³-hybridized carbons (Fsp3) is 0.276. The van der Waals surface area contributed by atoms with Crippen molar-refractivity contribution in [2.45, 2.75) is 52.0 Å². The molecule has 0 radical (unpaired) electrons. The number of benzene rings is 3. The zero-order valence-corrected chi connectivity index (χ0v) is 18.6. The van der Waals surface area contributed by atoms with E-state index in [1.54, 1.807) is 0 Å². The first-order valence-electron chi connectivity index (χ1n) is 11.4. The van der Waals surface area contributed by atoms with Crippen LogP contribution in [0.3, 0.4) is 0 Å². The van der Waals surface area contributed by atoms with Crippen LogP contribution in [0.25, 0.3) is 10.9 Å². The summed E-state index contributed by atoms with van der Waals surface area (Å²) in [5.74, 6) is 0.116. The van der Waals surface area contributed by atoms with Gasteiger partial charge in [0.25, 0.3) is 0 Å². The first kappa shape index (κ1) is 21.1. The summed E-state index contributed by atoms with van der Waals surface area (Å²) in [6.07, 6.45) is 5.61. The predicted molar refractivity (Wildman–Crippen MR) is 130 cm³/mol. The van der Waals surface area contributed by atoms with Crippen molar-refractivity contribution in [1.29, 1.82) is 0 Å². The van der Waals surface area contributed by atoms with Gasteiger partial charge in [-0.3, -0.25) is 4.79 Å². The molecule has 0 aliphatic carbocycles. The molecule has 158 valence electrons. The summed E-state index contributed by atoms with van der Waals surface area (Å²) in [4.78, 5) is 13.5. The van der Waals surface area contributed by atoms with Crippen molar-refractivity contribution in [2.24, 2.45) is 0 Å². The van der Waals surface area contributed by atoms with E-state index in [1.807, 2.05) is 36.4 Å². The second-order valence-corrected chi connectivity index (χ2v) is 8.36. The molecule has 2 nitrogen and oxygen atoms in total. The van der Waals surface area contributed by atoms with Crippen LogP contribution in [0.5, 0.6) is 0 Å². The minimum atomic E-state index is 0.116. The molecule has 4 aromatic rings. The smallest absolute Gasteiger partial charge is 0.195 e. The van der Waals surface area contributed by atoms with Gasteiger partial charge in [0.1, 0.15) is 0 Å². The van der Waals surface area contributed by atoms with E-state index in [0.717, 1.165) is 41.5 Å². The maximum atomic E-state index is 13.5. The van der Waals surface area contributed by atoms with Crippen LogP contribution in [0.15, 0.2) is 84.9 Å². The number of carbonyl (C=O) groups is 1. The van der Waals surface area contributed by atoms with Gasteiger partial charge in [-0.2, -0.15) is 0 Å². The Morgan fingerprint density at radius 2 is 1.48 bits per heavy atom. The molecule has 0 aliphatic heterocycles. The molecular formula is C29H31NO. The number of ketones is 1. The number of rotatable bonds is 9. The van der Waals surface area contributed by atoms with Gasteiger partial charge in [-0.15, -0.1) is 0 Å². The van der Waals surface area contributed by atoms with Crippen molar-refractivity contribution in [2.75, 3.05) is 0 Å². The van der Waals surface area contributed by atoms with Gasteiger partial charge in [-0.1, -0.05) is 98.6 Å². The molecule has 0 N–H and O–H groups in total. The number of hydrogen-bond donors (Lipinski definition) is 0. The van der Waals surface area contributed by atoms with Gasteiger partial charge < -0.3 is 4.57 Å². The van der Waals surface area contributed by atoms with Crippen LogP contribution in [0, 0.1) is 6.92 Å².